The molecule has 0 aliphatic carbocycles. The topological polar surface area (TPSA) is 79.0 Å². The minimum atomic E-state index is -3.62. The number of amides is 1. The molecule has 3 aromatic rings. The van der Waals surface area contributed by atoms with Crippen LogP contribution in [-0.4, -0.2) is 55.8 Å². The largest absolute Gasteiger partial charge is 0.497 e. The van der Waals surface area contributed by atoms with E-state index >= 15 is 0 Å². The van der Waals surface area contributed by atoms with E-state index in [0.717, 1.165) is 24.2 Å². The van der Waals surface area contributed by atoms with Gasteiger partial charge < -0.3 is 10.1 Å². The van der Waals surface area contributed by atoms with Gasteiger partial charge in [-0.05, 0) is 87.2 Å². The van der Waals surface area contributed by atoms with Gasteiger partial charge in [0, 0.05) is 43.8 Å². The first-order valence-electron chi connectivity index (χ1n) is 13.3. The summed E-state index contributed by atoms with van der Waals surface area (Å²) in [7, 11) is -2.07. The fourth-order valence-electron chi connectivity index (χ4n) is 4.86. The highest BCUT2D eigenvalue weighted by molar-refractivity contribution is 7.89. The number of aryl methyl sites for hydroxylation is 1. The SMILES string of the molecule is COc1ccc(S(=O)(=O)N2CCc3cc(C(=O)NCCN(Cc4cccc(C)c4)C(C)(C)C)ccc3C2)cc1. The molecule has 0 saturated carbocycles. The summed E-state index contributed by atoms with van der Waals surface area (Å²) >= 11 is 0. The maximum Gasteiger partial charge on any atom is 0.251 e. The fraction of sp³-hybridized carbons (Fsp3) is 0.387. The molecule has 0 saturated heterocycles. The second-order valence-electron chi connectivity index (χ2n) is 11.1. The number of ether oxygens (including phenoxy) is 1. The lowest BCUT2D eigenvalue weighted by Gasteiger charge is -2.36. The number of sulfonamides is 1. The van der Waals surface area contributed by atoms with E-state index in [-0.39, 0.29) is 22.9 Å². The first-order chi connectivity index (χ1) is 18.5. The Kier molecular flexibility index (Phi) is 8.79. The van der Waals surface area contributed by atoms with Crippen molar-refractivity contribution >= 4 is 15.9 Å². The van der Waals surface area contributed by atoms with E-state index in [4.69, 9.17) is 4.74 Å². The van der Waals surface area contributed by atoms with Crippen LogP contribution in [0.5, 0.6) is 5.75 Å². The first-order valence-corrected chi connectivity index (χ1v) is 14.8. The number of rotatable bonds is 9. The molecule has 0 atom stereocenters. The molecule has 0 spiro atoms. The standard InChI is InChI=1S/C31H39N3O4S/c1-23-7-6-8-24(19-23)21-33(31(2,3)4)18-16-32-30(35)26-9-10-27-22-34(17-15-25(27)20-26)39(36,37)29-13-11-28(38-5)12-14-29/h6-14,19-20H,15-18,21-22H2,1-5H3,(H,32,35). The minimum absolute atomic E-state index is 0.0433. The summed E-state index contributed by atoms with van der Waals surface area (Å²) in [5, 5.41) is 3.07. The van der Waals surface area contributed by atoms with Crippen molar-refractivity contribution in [1.82, 2.24) is 14.5 Å². The molecule has 39 heavy (non-hydrogen) atoms. The number of hydrogen-bond donors (Lipinski definition) is 1. The third-order valence-corrected chi connectivity index (χ3v) is 9.07. The summed E-state index contributed by atoms with van der Waals surface area (Å²) in [6, 6.07) is 20.5. The van der Waals surface area contributed by atoms with Crippen LogP contribution >= 0.6 is 0 Å². The lowest BCUT2D eigenvalue weighted by Crippen LogP contribution is -2.45. The second kappa shape index (κ2) is 11.9. The van der Waals surface area contributed by atoms with Crippen LogP contribution in [0.3, 0.4) is 0 Å². The Morgan fingerprint density at radius 2 is 1.77 bits per heavy atom. The van der Waals surface area contributed by atoms with Gasteiger partial charge in [-0.3, -0.25) is 9.69 Å². The Labute approximate surface area is 232 Å². The Balaban J connectivity index is 1.37. The second-order valence-corrected chi connectivity index (χ2v) is 13.0. The van der Waals surface area contributed by atoms with Crippen molar-refractivity contribution in [3.63, 3.8) is 0 Å². The Hall–Kier alpha value is -3.20. The van der Waals surface area contributed by atoms with E-state index in [9.17, 15) is 13.2 Å². The summed E-state index contributed by atoms with van der Waals surface area (Å²) < 4.78 is 33.0. The van der Waals surface area contributed by atoms with E-state index in [1.807, 2.05) is 12.1 Å². The van der Waals surface area contributed by atoms with E-state index < -0.39 is 10.0 Å². The van der Waals surface area contributed by atoms with Crippen molar-refractivity contribution in [2.24, 2.45) is 0 Å². The Morgan fingerprint density at radius 3 is 2.44 bits per heavy atom. The van der Waals surface area contributed by atoms with Gasteiger partial charge in [0.15, 0.2) is 0 Å². The summed E-state index contributed by atoms with van der Waals surface area (Å²) in [5.41, 5.74) is 4.99. The highest BCUT2D eigenvalue weighted by atomic mass is 32.2. The van der Waals surface area contributed by atoms with Crippen LogP contribution in [-0.2, 0) is 29.5 Å². The molecule has 0 aromatic heterocycles. The number of carbonyl (C=O) groups is 1. The van der Waals surface area contributed by atoms with E-state index in [1.165, 1.54) is 15.4 Å². The smallest absolute Gasteiger partial charge is 0.251 e. The van der Waals surface area contributed by atoms with E-state index in [1.54, 1.807) is 37.4 Å². The molecule has 8 heteroatoms. The normalized spacial score (nSPS) is 14.2. The molecular weight excluding hydrogens is 510 g/mol. The van der Waals surface area contributed by atoms with Crippen LogP contribution in [0.4, 0.5) is 0 Å². The maximum absolute atomic E-state index is 13.2. The third-order valence-electron chi connectivity index (χ3n) is 7.21. The van der Waals surface area contributed by atoms with Gasteiger partial charge >= 0.3 is 0 Å². The van der Waals surface area contributed by atoms with Crippen molar-refractivity contribution in [1.29, 1.82) is 0 Å². The first kappa shape index (κ1) is 28.8. The number of hydrogen-bond acceptors (Lipinski definition) is 5. The number of carbonyl (C=O) groups excluding carboxylic acids is 1. The molecule has 1 N–H and O–H groups in total. The van der Waals surface area contributed by atoms with Gasteiger partial charge in [0.1, 0.15) is 5.75 Å². The summed E-state index contributed by atoms with van der Waals surface area (Å²) in [4.78, 5) is 15.6. The highest BCUT2D eigenvalue weighted by Gasteiger charge is 2.29. The molecule has 0 unspecified atom stereocenters. The van der Waals surface area contributed by atoms with Crippen molar-refractivity contribution in [2.75, 3.05) is 26.7 Å². The van der Waals surface area contributed by atoms with Crippen molar-refractivity contribution in [2.45, 2.75) is 57.6 Å². The molecule has 1 aliphatic heterocycles. The molecule has 1 amide bonds. The highest BCUT2D eigenvalue weighted by Crippen LogP contribution is 2.27. The molecule has 0 fully saturated rings. The van der Waals surface area contributed by atoms with Crippen LogP contribution in [0.1, 0.15) is 53.4 Å². The number of nitrogens with one attached hydrogen (secondary N) is 1. The van der Waals surface area contributed by atoms with Crippen LogP contribution in [0, 0.1) is 6.92 Å². The average molecular weight is 550 g/mol. The van der Waals surface area contributed by atoms with Crippen molar-refractivity contribution in [3.8, 4) is 5.75 Å². The van der Waals surface area contributed by atoms with Crippen molar-refractivity contribution < 1.29 is 17.9 Å². The molecule has 3 aromatic carbocycles. The summed E-state index contributed by atoms with van der Waals surface area (Å²) in [6.07, 6.45) is 0.556. The fourth-order valence-corrected chi connectivity index (χ4v) is 6.28. The molecular formula is C31H39N3O4S. The Morgan fingerprint density at radius 1 is 1.03 bits per heavy atom. The average Bonchev–Trinajstić information content (AvgIpc) is 2.91. The van der Waals surface area contributed by atoms with Gasteiger partial charge in [0.2, 0.25) is 10.0 Å². The summed E-state index contributed by atoms with van der Waals surface area (Å²) in [5.74, 6) is 0.497. The zero-order chi connectivity index (χ0) is 28.2. The zero-order valence-corrected chi connectivity index (χ0v) is 24.3. The van der Waals surface area contributed by atoms with Crippen LogP contribution in [0.25, 0.3) is 0 Å². The van der Waals surface area contributed by atoms with E-state index in [0.29, 0.717) is 30.8 Å². The summed E-state index contributed by atoms with van der Waals surface area (Å²) in [6.45, 7) is 11.4. The Bertz CT molecular complexity index is 1410. The maximum atomic E-state index is 13.2. The van der Waals surface area contributed by atoms with Crippen LogP contribution in [0.2, 0.25) is 0 Å². The molecule has 208 valence electrons. The number of benzene rings is 3. The molecule has 7 nitrogen and oxygen atoms in total. The molecule has 1 heterocycles. The number of nitrogens with zero attached hydrogens (tertiary/aromatic N) is 2. The lowest BCUT2D eigenvalue weighted by atomic mass is 9.98. The van der Waals surface area contributed by atoms with Crippen LogP contribution < -0.4 is 10.1 Å². The predicted molar refractivity (Wildman–Crippen MR) is 154 cm³/mol. The van der Waals surface area contributed by atoms with Gasteiger partial charge in [-0.1, -0.05) is 35.9 Å². The van der Waals surface area contributed by atoms with Gasteiger partial charge in [0.25, 0.3) is 5.91 Å². The molecule has 0 bridgehead atoms. The molecule has 4 rings (SSSR count). The minimum Gasteiger partial charge on any atom is -0.497 e. The molecule has 1 aliphatic rings. The van der Waals surface area contributed by atoms with Crippen LogP contribution in [0.15, 0.2) is 71.6 Å². The van der Waals surface area contributed by atoms with Crippen molar-refractivity contribution in [3.05, 3.63) is 94.5 Å². The number of methoxy groups -OCH3 is 1. The third kappa shape index (κ3) is 7.06. The zero-order valence-electron chi connectivity index (χ0n) is 23.5. The van der Waals surface area contributed by atoms with Gasteiger partial charge in [0.05, 0.1) is 12.0 Å². The molecule has 0 radical (unpaired) electrons. The monoisotopic (exact) mass is 549 g/mol. The van der Waals surface area contributed by atoms with Gasteiger partial charge in [-0.15, -0.1) is 0 Å². The van der Waals surface area contributed by atoms with E-state index in [2.05, 4.69) is 62.2 Å². The number of fused-ring (bicyclic) bond motifs is 1. The van der Waals surface area contributed by atoms with Gasteiger partial charge in [-0.2, -0.15) is 4.31 Å². The lowest BCUT2D eigenvalue weighted by molar-refractivity contribution is 0.0921. The predicted octanol–water partition coefficient (Wildman–Crippen LogP) is 4.78. The van der Waals surface area contributed by atoms with Gasteiger partial charge in [-0.25, -0.2) is 8.42 Å². The quantitative estimate of drug-likeness (QED) is 0.416.